The average molecular weight is 356 g/mol. The molecule has 4 nitrogen and oxygen atoms in total. The third kappa shape index (κ3) is 2.17. The van der Waals surface area contributed by atoms with Crippen LogP contribution in [0.2, 0.25) is 0 Å². The number of hydrogen-bond donors (Lipinski definition) is 1. The van der Waals surface area contributed by atoms with Crippen LogP contribution in [0.1, 0.15) is 30.7 Å². The lowest BCUT2D eigenvalue weighted by molar-refractivity contribution is -0.234. The summed E-state index contributed by atoms with van der Waals surface area (Å²) in [5.74, 6) is -1.89. The Kier molecular flexibility index (Phi) is 3.33. The highest BCUT2D eigenvalue weighted by Crippen LogP contribution is 2.41. The predicted octanol–water partition coefficient (Wildman–Crippen LogP) is 3.69. The largest absolute Gasteiger partial charge is 0.427 e. The topological polar surface area (TPSA) is 51.3 Å². The van der Waals surface area contributed by atoms with Crippen molar-refractivity contribution in [2.24, 2.45) is 0 Å². The van der Waals surface area contributed by atoms with Crippen molar-refractivity contribution in [2.45, 2.75) is 33.0 Å². The fourth-order valence-corrected chi connectivity index (χ4v) is 3.49. The molecule has 0 spiro atoms. The third-order valence-electron chi connectivity index (χ3n) is 3.79. The van der Waals surface area contributed by atoms with Crippen LogP contribution >= 0.6 is 15.9 Å². The summed E-state index contributed by atoms with van der Waals surface area (Å²) in [5.41, 5.74) is 3.23. The van der Waals surface area contributed by atoms with Crippen molar-refractivity contribution >= 4 is 32.8 Å². The third-order valence-corrected chi connectivity index (χ3v) is 4.57. The van der Waals surface area contributed by atoms with Crippen LogP contribution in [0.15, 0.2) is 10.5 Å². The standard InChI is InChI=1S/C15H15BrFNO3/c1-7-6-10(17)12(16)11-9-4-5-20-15(3,21-8(2)19)14(9)18-13(7)11/h6,18H,4-5H2,1-3H3. The van der Waals surface area contributed by atoms with Gasteiger partial charge in [0.1, 0.15) is 5.82 Å². The molecule has 2 heterocycles. The zero-order valence-electron chi connectivity index (χ0n) is 12.0. The van der Waals surface area contributed by atoms with Crippen LogP contribution in [-0.4, -0.2) is 17.6 Å². The summed E-state index contributed by atoms with van der Waals surface area (Å²) in [5, 5.41) is 0.796. The number of aryl methyl sites for hydroxylation is 1. The number of nitrogens with one attached hydrogen (secondary N) is 1. The number of H-pyrrole nitrogens is 1. The van der Waals surface area contributed by atoms with Gasteiger partial charge in [-0.2, -0.15) is 0 Å². The first-order chi connectivity index (χ1) is 9.83. The minimum atomic E-state index is -1.17. The molecule has 0 saturated heterocycles. The van der Waals surface area contributed by atoms with Gasteiger partial charge in [0.25, 0.3) is 5.79 Å². The van der Waals surface area contributed by atoms with Crippen molar-refractivity contribution in [2.75, 3.05) is 6.61 Å². The van der Waals surface area contributed by atoms with Gasteiger partial charge in [-0.3, -0.25) is 4.79 Å². The van der Waals surface area contributed by atoms with Gasteiger partial charge in [0.2, 0.25) is 0 Å². The van der Waals surface area contributed by atoms with Crippen molar-refractivity contribution in [1.29, 1.82) is 0 Å². The number of carbonyl (C=O) groups is 1. The second kappa shape index (κ2) is 4.81. The number of benzene rings is 1. The Hall–Kier alpha value is -1.40. The van der Waals surface area contributed by atoms with Crippen LogP contribution in [0.25, 0.3) is 10.9 Å². The molecule has 1 aromatic heterocycles. The van der Waals surface area contributed by atoms with E-state index in [9.17, 15) is 9.18 Å². The van der Waals surface area contributed by atoms with Crippen LogP contribution in [0.4, 0.5) is 4.39 Å². The number of fused-ring (bicyclic) bond motifs is 3. The quantitative estimate of drug-likeness (QED) is 0.793. The molecule has 0 radical (unpaired) electrons. The number of esters is 1. The van der Waals surface area contributed by atoms with Gasteiger partial charge in [-0.15, -0.1) is 0 Å². The van der Waals surface area contributed by atoms with Gasteiger partial charge in [-0.1, -0.05) is 0 Å². The first kappa shape index (κ1) is 14.5. The molecule has 1 aromatic carbocycles. The molecule has 3 rings (SSSR count). The maximum Gasteiger partial charge on any atom is 0.305 e. The molecule has 0 fully saturated rings. The van der Waals surface area contributed by atoms with Gasteiger partial charge < -0.3 is 14.5 Å². The van der Waals surface area contributed by atoms with Gasteiger partial charge in [0.05, 0.1) is 22.3 Å². The van der Waals surface area contributed by atoms with Crippen molar-refractivity contribution in [3.8, 4) is 0 Å². The second-order valence-corrected chi connectivity index (χ2v) is 6.15. The van der Waals surface area contributed by atoms with Gasteiger partial charge >= 0.3 is 5.97 Å². The number of hydrogen-bond acceptors (Lipinski definition) is 3. The van der Waals surface area contributed by atoms with E-state index in [0.29, 0.717) is 23.2 Å². The van der Waals surface area contributed by atoms with Crippen molar-refractivity contribution in [1.82, 2.24) is 4.98 Å². The number of rotatable bonds is 1. The first-order valence-corrected chi connectivity index (χ1v) is 7.46. The maximum absolute atomic E-state index is 14.0. The predicted molar refractivity (Wildman–Crippen MR) is 79.5 cm³/mol. The van der Waals surface area contributed by atoms with Gasteiger partial charge in [0.15, 0.2) is 0 Å². The van der Waals surface area contributed by atoms with Crippen molar-refractivity contribution < 1.29 is 18.7 Å². The Morgan fingerprint density at radius 1 is 1.57 bits per heavy atom. The van der Waals surface area contributed by atoms with E-state index in [4.69, 9.17) is 9.47 Å². The summed E-state index contributed by atoms with van der Waals surface area (Å²) in [6.07, 6.45) is 0.633. The van der Waals surface area contributed by atoms with E-state index >= 15 is 0 Å². The minimum Gasteiger partial charge on any atom is -0.427 e. The molecule has 1 N–H and O–H groups in total. The highest BCUT2D eigenvalue weighted by atomic mass is 79.9. The zero-order valence-corrected chi connectivity index (χ0v) is 13.6. The number of aromatic amines is 1. The lowest BCUT2D eigenvalue weighted by atomic mass is 10.00. The number of aromatic nitrogens is 1. The Balaban J connectivity index is 2.31. The fraction of sp³-hybridized carbons (Fsp3) is 0.400. The average Bonchev–Trinajstić information content (AvgIpc) is 2.77. The van der Waals surface area contributed by atoms with Crippen LogP contribution in [0, 0.1) is 12.7 Å². The van der Waals surface area contributed by atoms with Crippen LogP contribution < -0.4 is 0 Å². The molecule has 6 heteroatoms. The zero-order chi connectivity index (χ0) is 15.4. The van der Waals surface area contributed by atoms with E-state index in [0.717, 1.165) is 22.0 Å². The lowest BCUT2D eigenvalue weighted by Gasteiger charge is -2.32. The Bertz CT molecular complexity index is 755. The Morgan fingerprint density at radius 3 is 2.95 bits per heavy atom. The fourth-order valence-electron chi connectivity index (χ4n) is 2.93. The number of ether oxygens (including phenoxy) is 2. The summed E-state index contributed by atoms with van der Waals surface area (Å²) in [4.78, 5) is 14.6. The van der Waals surface area contributed by atoms with E-state index < -0.39 is 11.8 Å². The second-order valence-electron chi connectivity index (χ2n) is 5.36. The summed E-state index contributed by atoms with van der Waals surface area (Å²) in [6, 6.07) is 1.47. The molecule has 0 aliphatic carbocycles. The Labute approximate surface area is 129 Å². The highest BCUT2D eigenvalue weighted by molar-refractivity contribution is 9.10. The molecule has 1 aliphatic heterocycles. The van der Waals surface area contributed by atoms with E-state index in [1.807, 2.05) is 6.92 Å². The van der Waals surface area contributed by atoms with Gasteiger partial charge in [0, 0.05) is 19.2 Å². The maximum atomic E-state index is 14.0. The van der Waals surface area contributed by atoms with E-state index in [1.54, 1.807) is 6.92 Å². The van der Waals surface area contributed by atoms with Crippen LogP contribution in [0.5, 0.6) is 0 Å². The SMILES string of the molecule is CC(=O)OC1(C)OCCc2c1[nH]c1c(C)cc(F)c(Br)c21. The Morgan fingerprint density at radius 2 is 2.29 bits per heavy atom. The minimum absolute atomic E-state index is 0.303. The molecule has 1 atom stereocenters. The summed E-state index contributed by atoms with van der Waals surface area (Å²) < 4.78 is 25.4. The molecule has 0 amide bonds. The monoisotopic (exact) mass is 355 g/mol. The molecule has 2 aromatic rings. The van der Waals surface area contributed by atoms with Crippen LogP contribution in [0.3, 0.4) is 0 Å². The first-order valence-electron chi connectivity index (χ1n) is 6.66. The molecule has 21 heavy (non-hydrogen) atoms. The summed E-state index contributed by atoms with van der Waals surface area (Å²) >= 11 is 3.32. The molecule has 112 valence electrons. The van der Waals surface area contributed by atoms with Gasteiger partial charge in [-0.05, 0) is 46.5 Å². The normalized spacial score (nSPS) is 21.4. The van der Waals surface area contributed by atoms with Gasteiger partial charge in [-0.25, -0.2) is 4.39 Å². The number of carbonyl (C=O) groups excluding carboxylic acids is 1. The van der Waals surface area contributed by atoms with Crippen molar-refractivity contribution in [3.63, 3.8) is 0 Å². The molecule has 0 saturated carbocycles. The van der Waals surface area contributed by atoms with E-state index in [1.165, 1.54) is 13.0 Å². The smallest absolute Gasteiger partial charge is 0.305 e. The van der Waals surface area contributed by atoms with E-state index in [-0.39, 0.29) is 5.82 Å². The summed E-state index contributed by atoms with van der Waals surface area (Å²) in [7, 11) is 0. The van der Waals surface area contributed by atoms with Crippen molar-refractivity contribution in [3.05, 3.63) is 33.2 Å². The number of halogens is 2. The van der Waals surface area contributed by atoms with Crippen LogP contribution in [-0.2, 0) is 26.5 Å². The molecule has 1 unspecified atom stereocenters. The molecular weight excluding hydrogens is 341 g/mol. The summed E-state index contributed by atoms with van der Waals surface area (Å²) in [6.45, 7) is 5.28. The molecule has 1 aliphatic rings. The highest BCUT2D eigenvalue weighted by Gasteiger charge is 2.39. The lowest BCUT2D eigenvalue weighted by Crippen LogP contribution is -2.36. The molecular formula is C15H15BrFNO3. The molecule has 0 bridgehead atoms. The van der Waals surface area contributed by atoms with E-state index in [2.05, 4.69) is 20.9 Å².